The highest BCUT2D eigenvalue weighted by Gasteiger charge is 2.12. The van der Waals surface area contributed by atoms with Gasteiger partial charge in [-0.3, -0.25) is 0 Å². The first-order valence-corrected chi connectivity index (χ1v) is 8.26. The van der Waals surface area contributed by atoms with Gasteiger partial charge < -0.3 is 0 Å². The fourth-order valence-electron chi connectivity index (χ4n) is 2.84. The molecular weight excluding hydrogens is 316 g/mol. The molecule has 1 aromatic heterocycles. The van der Waals surface area contributed by atoms with Gasteiger partial charge in [0.15, 0.2) is 0 Å². The van der Waals surface area contributed by atoms with Crippen LogP contribution in [0.25, 0.3) is 31.6 Å². The Hall–Kier alpha value is -1.38. The summed E-state index contributed by atoms with van der Waals surface area (Å²) in [5.74, 6) is 0. The highest BCUT2D eigenvalue weighted by Crippen LogP contribution is 2.40. The first-order valence-electron chi connectivity index (χ1n) is 6.25. The summed E-state index contributed by atoms with van der Waals surface area (Å²) < 4.78 is 1.41. The summed E-state index contributed by atoms with van der Waals surface area (Å²) in [6.45, 7) is 0. The molecule has 0 amide bonds. The monoisotopic (exact) mass is 326 g/mol. The number of thiophene rings is 1. The molecule has 92 valence electrons. The van der Waals surface area contributed by atoms with E-state index in [0.29, 0.717) is 0 Å². The number of benzene rings is 3. The molecule has 0 unspecified atom stereocenters. The average Bonchev–Trinajstić information content (AvgIpc) is 2.92. The molecule has 1 heterocycles. The van der Waals surface area contributed by atoms with Crippen molar-refractivity contribution in [3.8, 4) is 0 Å². The maximum absolute atomic E-state index is 3.61. The number of hydrogen-bond acceptors (Lipinski definition) is 1. The van der Waals surface area contributed by atoms with Gasteiger partial charge in [-0.25, -0.2) is 0 Å². The van der Waals surface area contributed by atoms with Crippen LogP contribution < -0.4 is 0 Å². The van der Waals surface area contributed by atoms with Crippen LogP contribution in [0.3, 0.4) is 0 Å². The van der Waals surface area contributed by atoms with E-state index in [1.807, 2.05) is 11.3 Å². The molecule has 0 saturated carbocycles. The van der Waals surface area contributed by atoms with Crippen LogP contribution in [0.1, 0.15) is 5.56 Å². The Labute approximate surface area is 123 Å². The Morgan fingerprint density at radius 2 is 1.37 bits per heavy atom. The van der Waals surface area contributed by atoms with Gasteiger partial charge in [-0.15, -0.1) is 11.3 Å². The van der Waals surface area contributed by atoms with E-state index < -0.39 is 0 Å². The number of alkyl halides is 1. The van der Waals surface area contributed by atoms with Crippen LogP contribution in [-0.2, 0) is 5.33 Å². The van der Waals surface area contributed by atoms with Crippen molar-refractivity contribution in [1.29, 1.82) is 0 Å². The van der Waals surface area contributed by atoms with E-state index >= 15 is 0 Å². The highest BCUT2D eigenvalue weighted by atomic mass is 79.9. The molecular formula is C17H11BrS. The predicted octanol–water partition coefficient (Wildman–Crippen LogP) is 6.10. The van der Waals surface area contributed by atoms with Crippen molar-refractivity contribution in [3.63, 3.8) is 0 Å². The number of rotatable bonds is 1. The molecule has 3 aromatic carbocycles. The topological polar surface area (TPSA) is 0 Å². The van der Waals surface area contributed by atoms with E-state index in [2.05, 4.69) is 69.8 Å². The van der Waals surface area contributed by atoms with Crippen molar-refractivity contribution in [2.24, 2.45) is 0 Å². The Bertz CT molecular complexity index is 905. The maximum Gasteiger partial charge on any atom is 0.0430 e. The predicted molar refractivity (Wildman–Crippen MR) is 89.5 cm³/mol. The number of halogens is 1. The SMILES string of the molecule is BrCc1csc2c3ccccc3c3ccccc3c12. The molecule has 0 atom stereocenters. The normalized spacial score (nSPS) is 11.6. The van der Waals surface area contributed by atoms with Gasteiger partial charge in [0, 0.05) is 20.8 Å². The van der Waals surface area contributed by atoms with Crippen LogP contribution in [0.4, 0.5) is 0 Å². The second-order valence-electron chi connectivity index (χ2n) is 4.69. The molecule has 0 aliphatic rings. The first kappa shape index (κ1) is 11.4. The van der Waals surface area contributed by atoms with Crippen LogP contribution in [0.5, 0.6) is 0 Å². The lowest BCUT2D eigenvalue weighted by atomic mass is 9.97. The Kier molecular flexibility index (Phi) is 2.61. The molecule has 0 fully saturated rings. The van der Waals surface area contributed by atoms with E-state index in [4.69, 9.17) is 0 Å². The fourth-order valence-corrected chi connectivity index (χ4v) is 4.62. The average molecular weight is 327 g/mol. The Balaban J connectivity index is 2.41. The highest BCUT2D eigenvalue weighted by molar-refractivity contribution is 9.08. The second kappa shape index (κ2) is 4.32. The molecule has 19 heavy (non-hydrogen) atoms. The summed E-state index contributed by atoms with van der Waals surface area (Å²) in [6.07, 6.45) is 0. The zero-order chi connectivity index (χ0) is 12.8. The van der Waals surface area contributed by atoms with Crippen molar-refractivity contribution in [2.45, 2.75) is 5.33 Å². The minimum atomic E-state index is 0.912. The summed E-state index contributed by atoms with van der Waals surface area (Å²) in [5.41, 5.74) is 1.39. The molecule has 4 rings (SSSR count). The van der Waals surface area contributed by atoms with E-state index in [9.17, 15) is 0 Å². The van der Waals surface area contributed by atoms with Crippen molar-refractivity contribution < 1.29 is 0 Å². The van der Waals surface area contributed by atoms with Crippen molar-refractivity contribution in [1.82, 2.24) is 0 Å². The van der Waals surface area contributed by atoms with E-state index in [1.165, 1.54) is 37.2 Å². The van der Waals surface area contributed by atoms with Crippen molar-refractivity contribution in [2.75, 3.05) is 0 Å². The molecule has 0 radical (unpaired) electrons. The summed E-state index contributed by atoms with van der Waals surface area (Å²) in [6, 6.07) is 17.4. The van der Waals surface area contributed by atoms with Crippen LogP contribution in [0, 0.1) is 0 Å². The van der Waals surface area contributed by atoms with Gasteiger partial charge in [0.25, 0.3) is 0 Å². The van der Waals surface area contributed by atoms with Crippen LogP contribution in [0.15, 0.2) is 53.9 Å². The van der Waals surface area contributed by atoms with E-state index in [0.717, 1.165) is 5.33 Å². The maximum atomic E-state index is 3.61. The number of fused-ring (bicyclic) bond motifs is 6. The second-order valence-corrected chi connectivity index (χ2v) is 6.13. The van der Waals surface area contributed by atoms with Gasteiger partial charge in [0.05, 0.1) is 0 Å². The van der Waals surface area contributed by atoms with Crippen LogP contribution >= 0.6 is 27.3 Å². The largest absolute Gasteiger partial charge is 0.143 e. The molecule has 0 aliphatic heterocycles. The molecule has 2 heteroatoms. The zero-order valence-electron chi connectivity index (χ0n) is 10.2. The third-order valence-electron chi connectivity index (χ3n) is 3.67. The van der Waals surface area contributed by atoms with Gasteiger partial charge in [-0.05, 0) is 27.1 Å². The van der Waals surface area contributed by atoms with Gasteiger partial charge in [0.2, 0.25) is 0 Å². The van der Waals surface area contributed by atoms with Crippen molar-refractivity contribution >= 4 is 58.9 Å². The Morgan fingerprint density at radius 1 is 0.789 bits per heavy atom. The summed E-state index contributed by atoms with van der Waals surface area (Å²) in [4.78, 5) is 0. The summed E-state index contributed by atoms with van der Waals surface area (Å²) >= 11 is 5.47. The van der Waals surface area contributed by atoms with Gasteiger partial charge >= 0.3 is 0 Å². The van der Waals surface area contributed by atoms with Gasteiger partial charge in [0.1, 0.15) is 0 Å². The van der Waals surface area contributed by atoms with E-state index in [-0.39, 0.29) is 0 Å². The van der Waals surface area contributed by atoms with Crippen molar-refractivity contribution in [3.05, 3.63) is 59.5 Å². The first-order chi connectivity index (χ1) is 9.40. The minimum absolute atomic E-state index is 0.912. The lowest BCUT2D eigenvalue weighted by Gasteiger charge is -2.07. The molecule has 0 nitrogen and oxygen atoms in total. The fraction of sp³-hybridized carbons (Fsp3) is 0.0588. The third kappa shape index (κ3) is 1.57. The zero-order valence-corrected chi connectivity index (χ0v) is 12.6. The molecule has 0 aliphatic carbocycles. The minimum Gasteiger partial charge on any atom is -0.143 e. The Morgan fingerprint density at radius 3 is 2.05 bits per heavy atom. The smallest absolute Gasteiger partial charge is 0.0430 e. The molecule has 0 spiro atoms. The summed E-state index contributed by atoms with van der Waals surface area (Å²) in [5, 5.41) is 10.0. The van der Waals surface area contributed by atoms with E-state index in [1.54, 1.807) is 0 Å². The van der Waals surface area contributed by atoms with Crippen LogP contribution in [0.2, 0.25) is 0 Å². The lowest BCUT2D eigenvalue weighted by molar-refractivity contribution is 1.56. The van der Waals surface area contributed by atoms with Gasteiger partial charge in [-0.1, -0.05) is 64.5 Å². The molecule has 0 bridgehead atoms. The molecule has 4 aromatic rings. The number of hydrogen-bond donors (Lipinski definition) is 0. The third-order valence-corrected chi connectivity index (χ3v) is 5.34. The standard InChI is InChI=1S/C17H11BrS/c18-9-11-10-19-17-15-8-4-2-6-13(15)12-5-1-3-7-14(12)16(11)17/h1-8,10H,9H2. The summed E-state index contributed by atoms with van der Waals surface area (Å²) in [7, 11) is 0. The molecule has 0 N–H and O–H groups in total. The lowest BCUT2D eigenvalue weighted by Crippen LogP contribution is -1.81. The quantitative estimate of drug-likeness (QED) is 0.293. The van der Waals surface area contributed by atoms with Crippen LogP contribution in [-0.4, -0.2) is 0 Å². The van der Waals surface area contributed by atoms with Gasteiger partial charge in [-0.2, -0.15) is 0 Å². The molecule has 0 saturated heterocycles.